The summed E-state index contributed by atoms with van der Waals surface area (Å²) < 4.78 is 20.2. The first-order chi connectivity index (χ1) is 17.4. The number of piperidine rings is 1. The van der Waals surface area contributed by atoms with Crippen molar-refractivity contribution in [2.75, 3.05) is 25.0 Å². The van der Waals surface area contributed by atoms with Crippen LogP contribution in [-0.2, 0) is 11.2 Å². The Hall–Kier alpha value is -4.39. The number of nitriles is 1. The fraction of sp³-hybridized carbons (Fsp3) is 0.308. The van der Waals surface area contributed by atoms with E-state index in [1.807, 2.05) is 30.3 Å². The number of hydrogen-bond acceptors (Lipinski definition) is 6. The molecule has 9 nitrogen and oxygen atoms in total. The summed E-state index contributed by atoms with van der Waals surface area (Å²) in [6.45, 7) is 0.864. The molecular formula is C26H27FN6O3. The van der Waals surface area contributed by atoms with Crippen LogP contribution in [0.25, 0.3) is 0 Å². The summed E-state index contributed by atoms with van der Waals surface area (Å²) in [5.74, 6) is -1.42. The molecule has 0 radical (unpaired) electrons. The molecule has 3 aromatic rings. The molecule has 1 aliphatic heterocycles. The number of anilines is 2. The van der Waals surface area contributed by atoms with Crippen LogP contribution in [0.4, 0.5) is 20.7 Å². The highest BCUT2D eigenvalue weighted by Gasteiger charge is 2.34. The van der Waals surface area contributed by atoms with Crippen LogP contribution in [0.5, 0.6) is 0 Å². The van der Waals surface area contributed by atoms with Gasteiger partial charge in [-0.3, -0.25) is 9.48 Å². The number of likely N-dealkylation sites (tertiary alicyclic amines) is 1. The third-order valence-corrected chi connectivity index (χ3v) is 6.12. The van der Waals surface area contributed by atoms with Crippen molar-refractivity contribution in [3.05, 3.63) is 77.7 Å². The molecule has 2 aromatic carbocycles. The number of aromatic nitrogens is 2. The molecule has 10 heteroatoms. The lowest BCUT2D eigenvalue weighted by molar-refractivity contribution is 0.0772. The zero-order valence-electron chi connectivity index (χ0n) is 19.6. The average molecular weight is 491 g/mol. The Bertz CT molecular complexity index is 1240. The summed E-state index contributed by atoms with van der Waals surface area (Å²) in [6, 6.07) is 17.5. The number of primary amides is 1. The number of carbonyl (C=O) groups excluding carboxylic acids is 2. The Morgan fingerprint density at radius 2 is 1.94 bits per heavy atom. The number of carbonyl (C=O) groups is 2. The summed E-state index contributed by atoms with van der Waals surface area (Å²) in [6.07, 6.45) is 3.03. The van der Waals surface area contributed by atoms with Gasteiger partial charge in [-0.2, -0.15) is 10.4 Å². The van der Waals surface area contributed by atoms with Crippen molar-refractivity contribution in [2.45, 2.75) is 25.3 Å². The summed E-state index contributed by atoms with van der Waals surface area (Å²) in [4.78, 5) is 26.1. The van der Waals surface area contributed by atoms with E-state index in [0.29, 0.717) is 31.7 Å². The molecule has 0 spiro atoms. The first-order valence-electron chi connectivity index (χ1n) is 11.7. The summed E-state index contributed by atoms with van der Waals surface area (Å²) in [5.41, 5.74) is 7.40. The number of rotatable bonds is 8. The van der Waals surface area contributed by atoms with E-state index in [4.69, 9.17) is 10.5 Å². The van der Waals surface area contributed by atoms with Crippen LogP contribution in [-0.4, -0.2) is 46.4 Å². The molecule has 3 N–H and O–H groups in total. The van der Waals surface area contributed by atoms with Crippen molar-refractivity contribution in [2.24, 2.45) is 11.7 Å². The van der Waals surface area contributed by atoms with Crippen LogP contribution in [0.2, 0.25) is 0 Å². The molecule has 1 aliphatic rings. The Labute approximate surface area is 208 Å². The lowest BCUT2D eigenvalue weighted by Crippen LogP contribution is -2.44. The van der Waals surface area contributed by atoms with E-state index in [0.717, 1.165) is 6.42 Å². The first-order valence-corrected chi connectivity index (χ1v) is 11.7. The van der Waals surface area contributed by atoms with Gasteiger partial charge in [-0.1, -0.05) is 30.3 Å². The molecule has 0 unspecified atom stereocenters. The fourth-order valence-electron chi connectivity index (χ4n) is 4.22. The number of nitrogens with two attached hydrogens (primary N) is 1. The lowest BCUT2D eigenvalue weighted by atomic mass is 9.94. The number of halogens is 1. The highest BCUT2D eigenvalue weighted by Crippen LogP contribution is 2.30. The van der Waals surface area contributed by atoms with Crippen LogP contribution in [0.1, 0.15) is 34.8 Å². The van der Waals surface area contributed by atoms with Crippen molar-refractivity contribution in [1.29, 1.82) is 5.26 Å². The van der Waals surface area contributed by atoms with Crippen molar-refractivity contribution in [3.8, 4) is 6.07 Å². The van der Waals surface area contributed by atoms with Crippen molar-refractivity contribution in [3.63, 3.8) is 0 Å². The molecule has 4 rings (SSSR count). The second kappa shape index (κ2) is 11.4. The molecule has 0 aliphatic carbocycles. The van der Waals surface area contributed by atoms with E-state index < -0.39 is 17.9 Å². The van der Waals surface area contributed by atoms with Gasteiger partial charge in [0.15, 0.2) is 5.82 Å². The Kier molecular flexibility index (Phi) is 7.80. The minimum absolute atomic E-state index is 0.149. The van der Waals surface area contributed by atoms with Gasteiger partial charge in [0.05, 0.1) is 24.6 Å². The molecular weight excluding hydrogens is 463 g/mol. The standard InChI is InChI=1S/C26H27FN6O3/c27-20-8-10-21(11-9-20)30-25-22(24(29)34)17-33(31-25)23-12-13-32(16-19(23)15-28)26(35)36-14-4-7-18-5-2-1-3-6-18/h1-3,5-6,8-11,17,19,23H,4,7,12-14,16H2,(H2,29,34)(H,30,31)/t19-,23+/m0/s1. The van der Waals surface area contributed by atoms with Crippen LogP contribution in [0.15, 0.2) is 60.8 Å². The topological polar surface area (TPSA) is 126 Å². The predicted octanol–water partition coefficient (Wildman–Crippen LogP) is 4.02. The Balaban J connectivity index is 1.37. The zero-order valence-corrected chi connectivity index (χ0v) is 19.6. The number of nitrogens with zero attached hydrogens (tertiary/aromatic N) is 4. The normalized spacial score (nSPS) is 17.3. The minimum Gasteiger partial charge on any atom is -0.449 e. The molecule has 1 saturated heterocycles. The van der Waals surface area contributed by atoms with Crippen LogP contribution in [0, 0.1) is 23.1 Å². The SMILES string of the molecule is N#C[C@H]1CN(C(=O)OCCCc2ccccc2)CC[C@H]1n1cc(C(N)=O)c(Nc2ccc(F)cc2)n1. The maximum absolute atomic E-state index is 13.2. The van der Waals surface area contributed by atoms with E-state index in [1.165, 1.54) is 40.9 Å². The number of amides is 2. The smallest absolute Gasteiger partial charge is 0.409 e. The zero-order chi connectivity index (χ0) is 25.5. The van der Waals surface area contributed by atoms with Gasteiger partial charge in [-0.25, -0.2) is 9.18 Å². The molecule has 1 aromatic heterocycles. The van der Waals surface area contributed by atoms with Crippen LogP contribution < -0.4 is 11.1 Å². The average Bonchev–Trinajstić information content (AvgIpc) is 3.32. The first kappa shape index (κ1) is 24.7. The molecule has 0 saturated carbocycles. The molecule has 2 amide bonds. The molecule has 1 fully saturated rings. The largest absolute Gasteiger partial charge is 0.449 e. The Morgan fingerprint density at radius 3 is 2.64 bits per heavy atom. The third-order valence-electron chi connectivity index (χ3n) is 6.12. The van der Waals surface area contributed by atoms with Gasteiger partial charge in [0.25, 0.3) is 5.91 Å². The summed E-state index contributed by atoms with van der Waals surface area (Å²) in [5, 5.41) is 17.2. The minimum atomic E-state index is -0.684. The maximum Gasteiger partial charge on any atom is 0.409 e. The monoisotopic (exact) mass is 490 g/mol. The number of hydrogen-bond donors (Lipinski definition) is 2. The summed E-state index contributed by atoms with van der Waals surface area (Å²) >= 11 is 0. The van der Waals surface area contributed by atoms with Gasteiger partial charge in [0.1, 0.15) is 11.4 Å². The maximum atomic E-state index is 13.2. The van der Waals surface area contributed by atoms with Gasteiger partial charge in [0.2, 0.25) is 0 Å². The van der Waals surface area contributed by atoms with Crippen molar-refractivity contribution >= 4 is 23.5 Å². The van der Waals surface area contributed by atoms with Crippen molar-refractivity contribution in [1.82, 2.24) is 14.7 Å². The second-order valence-corrected chi connectivity index (χ2v) is 8.61. The molecule has 186 valence electrons. The van der Waals surface area contributed by atoms with Crippen molar-refractivity contribution < 1.29 is 18.7 Å². The van der Waals surface area contributed by atoms with E-state index >= 15 is 0 Å². The number of nitrogens with one attached hydrogen (secondary N) is 1. The highest BCUT2D eigenvalue weighted by atomic mass is 19.1. The van der Waals surface area contributed by atoms with E-state index in [1.54, 1.807) is 4.68 Å². The van der Waals surface area contributed by atoms with E-state index in [-0.39, 0.29) is 29.8 Å². The van der Waals surface area contributed by atoms with Gasteiger partial charge in [0, 0.05) is 25.0 Å². The number of aryl methyl sites for hydroxylation is 1. The summed E-state index contributed by atoms with van der Waals surface area (Å²) in [7, 11) is 0. The number of benzene rings is 2. The lowest BCUT2D eigenvalue weighted by Gasteiger charge is -2.34. The van der Waals surface area contributed by atoms with Gasteiger partial charge in [-0.05, 0) is 49.1 Å². The quantitative estimate of drug-likeness (QED) is 0.459. The molecule has 2 atom stereocenters. The van der Waals surface area contributed by atoms with Crippen LogP contribution in [0.3, 0.4) is 0 Å². The van der Waals surface area contributed by atoms with Gasteiger partial charge < -0.3 is 20.7 Å². The fourth-order valence-corrected chi connectivity index (χ4v) is 4.22. The van der Waals surface area contributed by atoms with E-state index in [2.05, 4.69) is 16.5 Å². The molecule has 2 heterocycles. The van der Waals surface area contributed by atoms with Crippen LogP contribution >= 0.6 is 0 Å². The van der Waals surface area contributed by atoms with E-state index in [9.17, 15) is 19.2 Å². The molecule has 0 bridgehead atoms. The second-order valence-electron chi connectivity index (χ2n) is 8.61. The predicted molar refractivity (Wildman–Crippen MR) is 131 cm³/mol. The van der Waals surface area contributed by atoms with Gasteiger partial charge in [-0.15, -0.1) is 0 Å². The Morgan fingerprint density at radius 1 is 1.19 bits per heavy atom. The molecule has 36 heavy (non-hydrogen) atoms. The third kappa shape index (κ3) is 5.99. The highest BCUT2D eigenvalue weighted by molar-refractivity contribution is 5.98. The number of ether oxygens (including phenoxy) is 1. The van der Waals surface area contributed by atoms with Gasteiger partial charge >= 0.3 is 6.09 Å².